The summed E-state index contributed by atoms with van der Waals surface area (Å²) < 4.78 is 0. The molecule has 5 nitrogen and oxygen atoms in total. The second kappa shape index (κ2) is 8.17. The highest BCUT2D eigenvalue weighted by molar-refractivity contribution is 5.75. The molecule has 0 aliphatic heterocycles. The molecule has 2 aromatic rings. The molecule has 4 aliphatic carbocycles. The van der Waals surface area contributed by atoms with Crippen molar-refractivity contribution in [1.29, 1.82) is 5.26 Å². The van der Waals surface area contributed by atoms with Gasteiger partial charge in [-0.2, -0.15) is 5.26 Å². The topological polar surface area (TPSA) is 95.8 Å². The molecule has 182 valence electrons. The predicted octanol–water partition coefficient (Wildman–Crippen LogP) is 6.00. The molecule has 3 fully saturated rings. The lowest BCUT2D eigenvalue weighted by atomic mass is 9.47. The number of pyridine rings is 2. The van der Waals surface area contributed by atoms with Crippen LogP contribution in [0.5, 0.6) is 0 Å². The quantitative estimate of drug-likeness (QED) is 0.527. The van der Waals surface area contributed by atoms with Gasteiger partial charge < -0.3 is 10.8 Å². The van der Waals surface area contributed by atoms with Crippen LogP contribution in [0.2, 0.25) is 0 Å². The number of hydrogen-bond donors (Lipinski definition) is 2. The highest BCUT2D eigenvalue weighted by Crippen LogP contribution is 2.68. The Bertz CT molecular complexity index is 1220. The van der Waals surface area contributed by atoms with Crippen molar-refractivity contribution in [1.82, 2.24) is 9.97 Å². The van der Waals surface area contributed by atoms with Crippen molar-refractivity contribution in [2.45, 2.75) is 77.2 Å². The van der Waals surface area contributed by atoms with E-state index >= 15 is 0 Å². The second-order valence-electron chi connectivity index (χ2n) is 12.0. The Hall–Kier alpha value is -2.71. The second-order valence-corrected chi connectivity index (χ2v) is 12.0. The van der Waals surface area contributed by atoms with Gasteiger partial charge >= 0.3 is 0 Å². The number of nitrogens with two attached hydrogens (primary N) is 1. The summed E-state index contributed by atoms with van der Waals surface area (Å²) in [6.07, 6.45) is 14.8. The van der Waals surface area contributed by atoms with Crippen molar-refractivity contribution in [2.75, 3.05) is 5.73 Å². The molecule has 0 saturated heterocycles. The van der Waals surface area contributed by atoms with Gasteiger partial charge in [0.15, 0.2) is 0 Å². The third kappa shape index (κ3) is 3.37. The Kier molecular flexibility index (Phi) is 5.30. The zero-order valence-electron chi connectivity index (χ0n) is 20.9. The summed E-state index contributed by atoms with van der Waals surface area (Å²) in [5.74, 6) is 2.80. The monoisotopic (exact) mass is 468 g/mol. The molecule has 7 atom stereocenters. The van der Waals surface area contributed by atoms with E-state index in [0.717, 1.165) is 54.8 Å². The van der Waals surface area contributed by atoms with Gasteiger partial charge in [0.1, 0.15) is 17.5 Å². The molecule has 4 aliphatic rings. The molecular weight excluding hydrogens is 432 g/mol. The SMILES string of the molecule is C[C@]12CC[C@H]3[C@@H](CC=C4C[C@@H](O)CC[C@@]43C)[C@@H]1CC[C@@H]2c1cc(-c2ccncc2)c(C#N)c(N)n1. The van der Waals surface area contributed by atoms with Crippen LogP contribution in [-0.2, 0) is 0 Å². The Labute approximate surface area is 208 Å². The summed E-state index contributed by atoms with van der Waals surface area (Å²) >= 11 is 0. The minimum atomic E-state index is -0.155. The molecule has 0 bridgehead atoms. The van der Waals surface area contributed by atoms with Crippen LogP contribution in [0.4, 0.5) is 5.82 Å². The van der Waals surface area contributed by atoms with Gasteiger partial charge in [-0.05, 0) is 104 Å². The van der Waals surface area contributed by atoms with Crippen LogP contribution in [0, 0.1) is 39.9 Å². The number of aliphatic hydroxyl groups excluding tert-OH is 1. The number of aliphatic hydroxyl groups is 1. The van der Waals surface area contributed by atoms with E-state index < -0.39 is 0 Å². The van der Waals surface area contributed by atoms with Crippen molar-refractivity contribution in [3.05, 3.63) is 53.5 Å². The molecule has 3 N–H and O–H groups in total. The van der Waals surface area contributed by atoms with Crippen molar-refractivity contribution in [3.8, 4) is 17.2 Å². The molecule has 5 heteroatoms. The summed E-state index contributed by atoms with van der Waals surface area (Å²) in [6, 6.07) is 8.30. The molecule has 0 radical (unpaired) electrons. The predicted molar refractivity (Wildman–Crippen MR) is 137 cm³/mol. The van der Waals surface area contributed by atoms with Gasteiger partial charge in [0.2, 0.25) is 0 Å². The lowest BCUT2D eigenvalue weighted by Gasteiger charge is -2.58. The van der Waals surface area contributed by atoms with Gasteiger partial charge in [0.25, 0.3) is 0 Å². The number of nitrogen functional groups attached to an aromatic ring is 1. The van der Waals surface area contributed by atoms with E-state index in [4.69, 9.17) is 10.7 Å². The van der Waals surface area contributed by atoms with Gasteiger partial charge in [-0.1, -0.05) is 25.5 Å². The van der Waals surface area contributed by atoms with E-state index in [1.54, 1.807) is 12.4 Å². The molecule has 0 unspecified atom stereocenters. The zero-order chi connectivity index (χ0) is 24.4. The standard InChI is InChI=1S/C30H36N4O/c1-29-11-7-20(35)15-19(29)3-4-21-24-5-6-26(30(24,2)12-8-25(21)29)27-16-22(18-9-13-33-14-10-18)23(17-31)28(32)34-27/h3,9-10,13-14,16,20-21,24-26,35H,4-8,11-12,15H2,1-2H3,(H2,32,34)/t20-,21-,24-,25-,26+,29-,30-/m0/s1. The molecule has 0 aromatic carbocycles. The van der Waals surface area contributed by atoms with Crippen LogP contribution in [-0.4, -0.2) is 21.2 Å². The average molecular weight is 469 g/mol. The third-order valence-corrected chi connectivity index (χ3v) is 10.6. The van der Waals surface area contributed by atoms with Crippen LogP contribution in [0.1, 0.15) is 82.4 Å². The first-order chi connectivity index (χ1) is 16.8. The van der Waals surface area contributed by atoms with Gasteiger partial charge in [0.05, 0.1) is 6.10 Å². The molecule has 0 amide bonds. The first-order valence-corrected chi connectivity index (χ1v) is 13.3. The molecule has 2 heterocycles. The molecular formula is C30H36N4O. The van der Waals surface area contributed by atoms with E-state index in [9.17, 15) is 10.4 Å². The minimum absolute atomic E-state index is 0.155. The van der Waals surface area contributed by atoms with E-state index in [-0.39, 0.29) is 16.9 Å². The highest BCUT2D eigenvalue weighted by Gasteiger charge is 2.59. The third-order valence-electron chi connectivity index (χ3n) is 10.6. The maximum absolute atomic E-state index is 10.3. The van der Waals surface area contributed by atoms with E-state index in [0.29, 0.717) is 29.1 Å². The first-order valence-electron chi connectivity index (χ1n) is 13.3. The van der Waals surface area contributed by atoms with Gasteiger partial charge in [0, 0.05) is 29.6 Å². The molecule has 2 aromatic heterocycles. The van der Waals surface area contributed by atoms with E-state index in [1.807, 2.05) is 12.1 Å². The lowest BCUT2D eigenvalue weighted by Crippen LogP contribution is -2.50. The largest absolute Gasteiger partial charge is 0.393 e. The number of anilines is 1. The zero-order valence-corrected chi connectivity index (χ0v) is 20.9. The van der Waals surface area contributed by atoms with Gasteiger partial charge in [-0.25, -0.2) is 4.98 Å². The summed E-state index contributed by atoms with van der Waals surface area (Å²) in [4.78, 5) is 8.98. The number of hydrogen-bond acceptors (Lipinski definition) is 5. The van der Waals surface area contributed by atoms with Gasteiger partial charge in [-0.3, -0.25) is 4.98 Å². The van der Waals surface area contributed by atoms with Crippen molar-refractivity contribution < 1.29 is 5.11 Å². The van der Waals surface area contributed by atoms with Crippen LogP contribution in [0.15, 0.2) is 42.2 Å². The molecule has 35 heavy (non-hydrogen) atoms. The van der Waals surface area contributed by atoms with Gasteiger partial charge in [-0.15, -0.1) is 0 Å². The first kappa shape index (κ1) is 22.7. The number of rotatable bonds is 2. The summed E-state index contributed by atoms with van der Waals surface area (Å²) in [5.41, 5.74) is 11.7. The van der Waals surface area contributed by atoms with Crippen LogP contribution in [0.3, 0.4) is 0 Å². The smallest absolute Gasteiger partial charge is 0.142 e. The van der Waals surface area contributed by atoms with Crippen molar-refractivity contribution >= 4 is 5.82 Å². The Morgan fingerprint density at radius 3 is 2.66 bits per heavy atom. The van der Waals surface area contributed by atoms with E-state index in [1.165, 1.54) is 24.8 Å². The fourth-order valence-corrected chi connectivity index (χ4v) is 8.77. The molecule has 0 spiro atoms. The number of aromatic nitrogens is 2. The van der Waals surface area contributed by atoms with E-state index in [2.05, 4.69) is 37.0 Å². The van der Waals surface area contributed by atoms with Crippen LogP contribution >= 0.6 is 0 Å². The minimum Gasteiger partial charge on any atom is -0.393 e. The Morgan fingerprint density at radius 2 is 1.89 bits per heavy atom. The summed E-state index contributed by atoms with van der Waals surface area (Å²) in [7, 11) is 0. The summed E-state index contributed by atoms with van der Waals surface area (Å²) in [5, 5.41) is 20.1. The Balaban J connectivity index is 1.36. The maximum atomic E-state index is 10.3. The highest BCUT2D eigenvalue weighted by atomic mass is 16.3. The van der Waals surface area contributed by atoms with Crippen molar-refractivity contribution in [3.63, 3.8) is 0 Å². The molecule has 6 rings (SSSR count). The fraction of sp³-hybridized carbons (Fsp3) is 0.567. The number of allylic oxidation sites excluding steroid dienone is 1. The number of fused-ring (bicyclic) bond motifs is 5. The van der Waals surface area contributed by atoms with Crippen LogP contribution < -0.4 is 5.73 Å². The normalized spacial score (nSPS) is 38.0. The number of nitrogens with zero attached hydrogens (tertiary/aromatic N) is 3. The Morgan fingerprint density at radius 1 is 1.09 bits per heavy atom. The number of nitriles is 1. The average Bonchev–Trinajstić information content (AvgIpc) is 3.22. The lowest BCUT2D eigenvalue weighted by molar-refractivity contribution is -0.0412. The van der Waals surface area contributed by atoms with Crippen molar-refractivity contribution in [2.24, 2.45) is 28.6 Å². The fourth-order valence-electron chi connectivity index (χ4n) is 8.77. The summed E-state index contributed by atoms with van der Waals surface area (Å²) in [6.45, 7) is 4.99. The molecule has 3 saturated carbocycles. The maximum Gasteiger partial charge on any atom is 0.142 e. The van der Waals surface area contributed by atoms with Crippen LogP contribution in [0.25, 0.3) is 11.1 Å².